The van der Waals surface area contributed by atoms with Crippen molar-refractivity contribution in [2.24, 2.45) is 0 Å². The Labute approximate surface area is 53.7 Å². The van der Waals surface area contributed by atoms with Gasteiger partial charge >= 0.3 is 0 Å². The molecule has 1 rings (SSSR count). The second-order valence-electron chi connectivity index (χ2n) is 1.47. The van der Waals surface area contributed by atoms with Crippen LogP contribution in [0.2, 0.25) is 0 Å². The van der Waals surface area contributed by atoms with Crippen molar-refractivity contribution in [3.63, 3.8) is 0 Å². The number of allylic oxidation sites excluding steroid dienone is 2. The molecule has 0 fully saturated rings. The van der Waals surface area contributed by atoms with Gasteiger partial charge in [0.25, 0.3) is 0 Å². The van der Waals surface area contributed by atoms with E-state index in [9.17, 15) is 0 Å². The number of ether oxygens (including phenoxy) is 1. The molecule has 0 heterocycles. The zero-order valence-electron chi connectivity index (χ0n) is 4.28. The van der Waals surface area contributed by atoms with Gasteiger partial charge in [-0.25, -0.2) is 0 Å². The zero-order valence-corrected chi connectivity index (χ0v) is 5.10. The third-order valence-electron chi connectivity index (χ3n) is 0.925. The summed E-state index contributed by atoms with van der Waals surface area (Å²) in [7, 11) is 0. The Hall–Kier alpha value is -0.630. The van der Waals surface area contributed by atoms with Crippen LogP contribution in [0, 0.1) is 0 Å². The van der Waals surface area contributed by atoms with Crippen LogP contribution in [-0.2, 0) is 4.74 Å². The minimum atomic E-state index is 0.0903. The molecule has 0 aromatic carbocycles. The van der Waals surface area contributed by atoms with Gasteiger partial charge in [0.2, 0.25) is 0 Å². The van der Waals surface area contributed by atoms with Gasteiger partial charge in [-0.1, -0.05) is 12.2 Å². The molecular formula is C6H6OS. The quantitative estimate of drug-likeness (QED) is 0.518. The Bertz CT molecular complexity index is 125. The monoisotopic (exact) mass is 126 g/mol. The second kappa shape index (κ2) is 2.62. The standard InChI is InChI=1S/C6H6OS/c8-5-7-6-3-1-2-4-6/h1-6H. The molecule has 1 aliphatic rings. The van der Waals surface area contributed by atoms with Crippen molar-refractivity contribution >= 4 is 17.8 Å². The molecule has 1 aliphatic carbocycles. The highest BCUT2D eigenvalue weighted by atomic mass is 32.1. The smallest absolute Gasteiger partial charge is 0.147 e. The second-order valence-corrected chi connectivity index (χ2v) is 1.66. The molecule has 0 aromatic heterocycles. The fourth-order valence-corrected chi connectivity index (χ4v) is 0.695. The Kier molecular flexibility index (Phi) is 1.80. The Morgan fingerprint density at radius 2 is 2.00 bits per heavy atom. The molecule has 0 unspecified atom stereocenters. The van der Waals surface area contributed by atoms with E-state index >= 15 is 0 Å². The maximum absolute atomic E-state index is 4.92. The maximum Gasteiger partial charge on any atom is 0.147 e. The van der Waals surface area contributed by atoms with E-state index in [4.69, 9.17) is 4.74 Å². The fourth-order valence-electron chi connectivity index (χ4n) is 0.566. The van der Waals surface area contributed by atoms with Gasteiger partial charge < -0.3 is 4.74 Å². The minimum absolute atomic E-state index is 0.0903. The highest BCUT2D eigenvalue weighted by Gasteiger charge is 1.98. The van der Waals surface area contributed by atoms with E-state index in [1.807, 2.05) is 24.3 Å². The Balaban J connectivity index is 2.37. The minimum Gasteiger partial charge on any atom is -0.478 e. The van der Waals surface area contributed by atoms with E-state index in [0.717, 1.165) is 0 Å². The van der Waals surface area contributed by atoms with Crippen molar-refractivity contribution in [3.8, 4) is 0 Å². The Morgan fingerprint density at radius 3 is 2.50 bits per heavy atom. The molecule has 0 spiro atoms. The van der Waals surface area contributed by atoms with Gasteiger partial charge in [-0.05, 0) is 24.4 Å². The van der Waals surface area contributed by atoms with Crippen molar-refractivity contribution in [1.29, 1.82) is 0 Å². The summed E-state index contributed by atoms with van der Waals surface area (Å²) < 4.78 is 4.92. The van der Waals surface area contributed by atoms with Gasteiger partial charge in [-0.3, -0.25) is 0 Å². The van der Waals surface area contributed by atoms with Crippen molar-refractivity contribution in [2.45, 2.75) is 6.10 Å². The van der Waals surface area contributed by atoms with E-state index < -0.39 is 0 Å². The first kappa shape index (κ1) is 5.51. The largest absolute Gasteiger partial charge is 0.478 e. The summed E-state index contributed by atoms with van der Waals surface area (Å²) in [5.74, 6) is 0. The van der Waals surface area contributed by atoms with Crippen molar-refractivity contribution < 1.29 is 4.74 Å². The SMILES string of the molecule is S=COC1C=CC=C1. The van der Waals surface area contributed by atoms with Gasteiger partial charge in [0, 0.05) is 0 Å². The van der Waals surface area contributed by atoms with Crippen LogP contribution < -0.4 is 0 Å². The molecule has 2 heteroatoms. The highest BCUT2D eigenvalue weighted by Crippen LogP contribution is 2.01. The average Bonchev–Trinajstić information content (AvgIpc) is 2.19. The molecule has 42 valence electrons. The predicted octanol–water partition coefficient (Wildman–Crippen LogP) is 1.45. The maximum atomic E-state index is 4.92. The molecule has 0 aromatic rings. The van der Waals surface area contributed by atoms with Crippen LogP contribution in [-0.4, -0.2) is 11.7 Å². The predicted molar refractivity (Wildman–Crippen MR) is 36.8 cm³/mol. The molecule has 0 radical (unpaired) electrons. The lowest BCUT2D eigenvalue weighted by molar-refractivity contribution is 0.307. The first-order valence-corrected chi connectivity index (χ1v) is 2.85. The molecule has 0 aliphatic heterocycles. The van der Waals surface area contributed by atoms with Crippen LogP contribution in [0.4, 0.5) is 0 Å². The number of thiocarbonyl (C=S) groups is 1. The summed E-state index contributed by atoms with van der Waals surface area (Å²) in [5, 5.41) is 0. The molecule has 0 atom stereocenters. The fraction of sp³-hybridized carbons (Fsp3) is 0.167. The van der Waals surface area contributed by atoms with Crippen LogP contribution in [0.25, 0.3) is 0 Å². The number of rotatable bonds is 2. The van der Waals surface area contributed by atoms with Gasteiger partial charge in [0.1, 0.15) is 11.7 Å². The highest BCUT2D eigenvalue weighted by molar-refractivity contribution is 7.78. The Morgan fingerprint density at radius 1 is 1.38 bits per heavy atom. The van der Waals surface area contributed by atoms with Crippen molar-refractivity contribution in [1.82, 2.24) is 0 Å². The van der Waals surface area contributed by atoms with Crippen LogP contribution >= 0.6 is 12.2 Å². The summed E-state index contributed by atoms with van der Waals surface area (Å²) in [5.41, 5.74) is 1.28. The van der Waals surface area contributed by atoms with Gasteiger partial charge in [0.15, 0.2) is 0 Å². The lowest BCUT2D eigenvalue weighted by Gasteiger charge is -2.00. The third-order valence-corrected chi connectivity index (χ3v) is 1.04. The molecule has 0 saturated heterocycles. The van der Waals surface area contributed by atoms with Crippen molar-refractivity contribution in [3.05, 3.63) is 24.3 Å². The lowest BCUT2D eigenvalue weighted by Crippen LogP contribution is -1.99. The molecule has 0 saturated carbocycles. The van der Waals surface area contributed by atoms with E-state index in [-0.39, 0.29) is 6.10 Å². The number of hydrogen-bond donors (Lipinski definition) is 0. The summed E-state index contributed by atoms with van der Waals surface area (Å²) in [6.45, 7) is 0. The molecule has 8 heavy (non-hydrogen) atoms. The third kappa shape index (κ3) is 1.17. The van der Waals surface area contributed by atoms with Crippen LogP contribution in [0.3, 0.4) is 0 Å². The molecule has 0 N–H and O–H groups in total. The van der Waals surface area contributed by atoms with E-state index in [2.05, 4.69) is 12.2 Å². The van der Waals surface area contributed by atoms with Crippen LogP contribution in [0.5, 0.6) is 0 Å². The zero-order chi connectivity index (χ0) is 5.82. The van der Waals surface area contributed by atoms with Crippen molar-refractivity contribution in [2.75, 3.05) is 0 Å². The molecule has 0 bridgehead atoms. The summed E-state index contributed by atoms with van der Waals surface area (Å²) in [6, 6.07) is 0. The normalized spacial score (nSPS) is 17.0. The van der Waals surface area contributed by atoms with Gasteiger partial charge in [-0.15, -0.1) is 0 Å². The first-order valence-electron chi connectivity index (χ1n) is 2.37. The summed E-state index contributed by atoms with van der Waals surface area (Å²) in [6.07, 6.45) is 7.82. The van der Waals surface area contributed by atoms with Gasteiger partial charge in [-0.2, -0.15) is 0 Å². The summed E-state index contributed by atoms with van der Waals surface area (Å²) in [4.78, 5) is 0. The average molecular weight is 126 g/mol. The topological polar surface area (TPSA) is 9.23 Å². The van der Waals surface area contributed by atoms with Gasteiger partial charge in [0.05, 0.1) is 0 Å². The van der Waals surface area contributed by atoms with E-state index in [1.54, 1.807) is 0 Å². The molecular weight excluding hydrogens is 120 g/mol. The first-order chi connectivity index (χ1) is 3.93. The lowest BCUT2D eigenvalue weighted by atomic mass is 10.4. The van der Waals surface area contributed by atoms with E-state index in [0.29, 0.717) is 0 Å². The summed E-state index contributed by atoms with van der Waals surface area (Å²) >= 11 is 4.47. The number of hydrogen-bond acceptors (Lipinski definition) is 2. The van der Waals surface area contributed by atoms with E-state index in [1.165, 1.54) is 5.55 Å². The molecule has 0 amide bonds. The molecule has 1 nitrogen and oxygen atoms in total. The van der Waals surface area contributed by atoms with Crippen LogP contribution in [0.15, 0.2) is 24.3 Å². The van der Waals surface area contributed by atoms with Crippen LogP contribution in [0.1, 0.15) is 0 Å².